The van der Waals surface area contributed by atoms with Gasteiger partial charge in [0.05, 0.1) is 18.3 Å². The first-order valence-electron chi connectivity index (χ1n) is 10.1. The van der Waals surface area contributed by atoms with E-state index in [2.05, 4.69) is 25.5 Å². The van der Waals surface area contributed by atoms with E-state index in [0.29, 0.717) is 18.1 Å². The summed E-state index contributed by atoms with van der Waals surface area (Å²) in [4.78, 5) is 4.42. The maximum atomic E-state index is 12.3. The Balaban J connectivity index is 1.99. The first-order valence-corrected chi connectivity index (χ1v) is 10.1. The van der Waals surface area contributed by atoms with Gasteiger partial charge in [-0.3, -0.25) is 9.67 Å². The van der Waals surface area contributed by atoms with Crippen LogP contribution in [0.1, 0.15) is 42.5 Å². The highest BCUT2D eigenvalue weighted by Gasteiger charge is 2.31. The number of nitrogens with zero attached hydrogens (tertiary/aromatic N) is 3. The molecule has 3 N–H and O–H groups in total. The molecule has 0 spiro atoms. The number of halogens is 3. The van der Waals surface area contributed by atoms with Gasteiger partial charge in [-0.1, -0.05) is 12.1 Å². The molecule has 0 aliphatic carbocycles. The van der Waals surface area contributed by atoms with Crippen LogP contribution in [0.5, 0.6) is 5.75 Å². The van der Waals surface area contributed by atoms with Gasteiger partial charge in [0.1, 0.15) is 5.75 Å². The fourth-order valence-corrected chi connectivity index (χ4v) is 3.20. The molecule has 7 nitrogen and oxygen atoms in total. The second-order valence-corrected chi connectivity index (χ2v) is 7.37. The number of aliphatic imine (C=N–C) groups is 1. The smallest absolute Gasteiger partial charge is 0.406 e. The molecule has 10 heteroatoms. The van der Waals surface area contributed by atoms with Crippen LogP contribution in [0.4, 0.5) is 13.2 Å². The number of benzene rings is 1. The van der Waals surface area contributed by atoms with Crippen molar-refractivity contribution in [2.45, 2.75) is 52.6 Å². The van der Waals surface area contributed by atoms with Crippen molar-refractivity contribution in [3.8, 4) is 5.75 Å². The molecule has 0 aliphatic rings. The van der Waals surface area contributed by atoms with Crippen LogP contribution in [0.25, 0.3) is 0 Å². The van der Waals surface area contributed by atoms with Gasteiger partial charge in [0, 0.05) is 25.3 Å². The van der Waals surface area contributed by atoms with Crippen molar-refractivity contribution in [3.63, 3.8) is 0 Å². The molecule has 0 amide bonds. The summed E-state index contributed by atoms with van der Waals surface area (Å²) in [7, 11) is 1.92. The zero-order valence-corrected chi connectivity index (χ0v) is 18.4. The van der Waals surface area contributed by atoms with Gasteiger partial charge in [0.2, 0.25) is 0 Å². The molecule has 0 saturated heterocycles. The predicted octanol–water partition coefficient (Wildman–Crippen LogP) is 3.16. The van der Waals surface area contributed by atoms with Gasteiger partial charge in [0.25, 0.3) is 0 Å². The van der Waals surface area contributed by atoms with Crippen LogP contribution >= 0.6 is 0 Å². The lowest BCUT2D eigenvalue weighted by molar-refractivity contribution is -0.274. The van der Waals surface area contributed by atoms with E-state index in [4.69, 9.17) is 0 Å². The number of aliphatic hydroxyl groups is 1. The number of hydrogen-bond acceptors (Lipinski definition) is 4. The number of aliphatic hydroxyl groups excluding tert-OH is 1. The lowest BCUT2D eigenvalue weighted by atomic mass is 10.1. The van der Waals surface area contributed by atoms with Crippen molar-refractivity contribution in [1.29, 1.82) is 0 Å². The van der Waals surface area contributed by atoms with Crippen molar-refractivity contribution in [2.24, 2.45) is 12.0 Å². The highest BCUT2D eigenvalue weighted by molar-refractivity contribution is 5.80. The van der Waals surface area contributed by atoms with Crippen LogP contribution in [0.2, 0.25) is 0 Å². The molecule has 0 saturated carbocycles. The number of alkyl halides is 3. The lowest BCUT2D eigenvalue weighted by Crippen LogP contribution is -2.43. The second kappa shape index (κ2) is 10.5. The maximum Gasteiger partial charge on any atom is 0.573 e. The summed E-state index contributed by atoms with van der Waals surface area (Å²) in [6.07, 6.45) is -4.95. The Kier molecular flexibility index (Phi) is 8.32. The largest absolute Gasteiger partial charge is 0.573 e. The summed E-state index contributed by atoms with van der Waals surface area (Å²) >= 11 is 0. The summed E-state index contributed by atoms with van der Waals surface area (Å²) in [5, 5.41) is 21.3. The van der Waals surface area contributed by atoms with Crippen molar-refractivity contribution >= 4 is 5.96 Å². The van der Waals surface area contributed by atoms with E-state index in [-0.39, 0.29) is 18.3 Å². The predicted molar refractivity (Wildman–Crippen MR) is 113 cm³/mol. The SMILES string of the molecule is CCNC(=NCC(O)c1ccc(OC(F)(F)F)cc1)NC(C)Cc1c(C)nn(C)c1C. The number of hydrogen-bond donors (Lipinski definition) is 3. The first-order chi connectivity index (χ1) is 14.5. The third-order valence-corrected chi connectivity index (χ3v) is 4.82. The van der Waals surface area contributed by atoms with Crippen LogP contribution in [-0.4, -0.2) is 46.3 Å². The Morgan fingerprint density at radius 2 is 1.90 bits per heavy atom. The molecule has 1 heterocycles. The van der Waals surface area contributed by atoms with Crippen LogP contribution in [0.3, 0.4) is 0 Å². The van der Waals surface area contributed by atoms with Crippen molar-refractivity contribution < 1.29 is 23.0 Å². The fraction of sp³-hybridized carbons (Fsp3) is 0.524. The quantitative estimate of drug-likeness (QED) is 0.433. The molecular formula is C21H30F3N5O2. The van der Waals surface area contributed by atoms with Crippen LogP contribution in [0, 0.1) is 13.8 Å². The Morgan fingerprint density at radius 3 is 2.42 bits per heavy atom. The van der Waals surface area contributed by atoms with Crippen molar-refractivity contribution in [1.82, 2.24) is 20.4 Å². The third kappa shape index (κ3) is 7.46. The minimum atomic E-state index is -4.75. The van der Waals surface area contributed by atoms with Crippen LogP contribution < -0.4 is 15.4 Å². The van der Waals surface area contributed by atoms with E-state index in [0.717, 1.165) is 17.8 Å². The molecule has 1 aromatic heterocycles. The van der Waals surface area contributed by atoms with E-state index < -0.39 is 12.5 Å². The van der Waals surface area contributed by atoms with Crippen molar-refractivity contribution in [3.05, 3.63) is 46.8 Å². The number of guanidine groups is 1. The maximum absolute atomic E-state index is 12.3. The Bertz CT molecular complexity index is 878. The Labute approximate surface area is 180 Å². The molecule has 2 unspecified atom stereocenters. The van der Waals surface area contributed by atoms with Crippen molar-refractivity contribution in [2.75, 3.05) is 13.1 Å². The monoisotopic (exact) mass is 441 g/mol. The summed E-state index contributed by atoms with van der Waals surface area (Å²) < 4.78 is 42.5. The Hall–Kier alpha value is -2.75. The molecule has 0 fully saturated rings. The summed E-state index contributed by atoms with van der Waals surface area (Å²) in [5.41, 5.74) is 3.73. The average molecular weight is 441 g/mol. The topological polar surface area (TPSA) is 83.7 Å². The van der Waals surface area contributed by atoms with Gasteiger partial charge in [-0.05, 0) is 57.4 Å². The van der Waals surface area contributed by atoms with E-state index in [9.17, 15) is 18.3 Å². The molecule has 2 atom stereocenters. The third-order valence-electron chi connectivity index (χ3n) is 4.82. The summed E-state index contributed by atoms with van der Waals surface area (Å²) in [6, 6.07) is 5.17. The van der Waals surface area contributed by atoms with Gasteiger partial charge in [-0.15, -0.1) is 13.2 Å². The van der Waals surface area contributed by atoms with Gasteiger partial charge in [-0.2, -0.15) is 5.10 Å². The van der Waals surface area contributed by atoms with Crippen LogP contribution in [-0.2, 0) is 13.5 Å². The van der Waals surface area contributed by atoms with Crippen LogP contribution in [0.15, 0.2) is 29.3 Å². The summed E-state index contributed by atoms with van der Waals surface area (Å²) in [6.45, 7) is 8.68. The van der Waals surface area contributed by atoms with E-state index in [1.807, 2.05) is 39.4 Å². The lowest BCUT2D eigenvalue weighted by Gasteiger charge is -2.19. The van der Waals surface area contributed by atoms with E-state index >= 15 is 0 Å². The standard InChI is InChI=1S/C21H30F3N5O2/c1-6-25-20(27-13(2)11-18-14(3)28-29(5)15(18)4)26-12-19(30)16-7-9-17(10-8-16)31-21(22,23)24/h7-10,13,19,30H,6,11-12H2,1-5H3,(H2,25,26,27). The zero-order chi connectivity index (χ0) is 23.2. The highest BCUT2D eigenvalue weighted by Crippen LogP contribution is 2.24. The highest BCUT2D eigenvalue weighted by atomic mass is 19.4. The molecule has 0 aliphatic heterocycles. The molecule has 0 radical (unpaired) electrons. The minimum Gasteiger partial charge on any atom is -0.406 e. The first kappa shape index (κ1) is 24.5. The molecule has 31 heavy (non-hydrogen) atoms. The number of rotatable bonds is 8. The van der Waals surface area contributed by atoms with E-state index in [1.54, 1.807) is 0 Å². The molecular weight excluding hydrogens is 411 g/mol. The minimum absolute atomic E-state index is 0.0481. The number of ether oxygens (including phenoxy) is 1. The molecule has 2 rings (SSSR count). The molecule has 0 bridgehead atoms. The Morgan fingerprint density at radius 1 is 1.26 bits per heavy atom. The van der Waals surface area contributed by atoms with Gasteiger partial charge < -0.3 is 20.5 Å². The molecule has 172 valence electrons. The normalized spacial score (nSPS) is 14.3. The number of nitrogens with one attached hydrogen (secondary N) is 2. The summed E-state index contributed by atoms with van der Waals surface area (Å²) in [5.74, 6) is 0.210. The van der Waals surface area contributed by atoms with E-state index in [1.165, 1.54) is 29.8 Å². The second-order valence-electron chi connectivity index (χ2n) is 7.37. The zero-order valence-electron chi connectivity index (χ0n) is 18.4. The van der Waals surface area contributed by atoms with Gasteiger partial charge in [0.15, 0.2) is 5.96 Å². The number of aryl methyl sites for hydroxylation is 2. The fourth-order valence-electron chi connectivity index (χ4n) is 3.20. The van der Waals surface area contributed by atoms with Gasteiger partial charge in [-0.25, -0.2) is 0 Å². The molecule has 2 aromatic rings. The molecule has 1 aromatic carbocycles. The number of aromatic nitrogens is 2. The average Bonchev–Trinajstić information content (AvgIpc) is 2.91. The van der Waals surface area contributed by atoms with Gasteiger partial charge >= 0.3 is 6.36 Å².